The van der Waals surface area contributed by atoms with Gasteiger partial charge in [-0.15, -0.1) is 22.7 Å². The monoisotopic (exact) mass is 226 g/mol. The van der Waals surface area contributed by atoms with Crippen molar-refractivity contribution in [2.24, 2.45) is 0 Å². The molecule has 74 valence electrons. The van der Waals surface area contributed by atoms with Crippen molar-refractivity contribution < 1.29 is 5.11 Å². The van der Waals surface area contributed by atoms with Gasteiger partial charge >= 0.3 is 0 Å². The van der Waals surface area contributed by atoms with E-state index in [4.69, 9.17) is 5.11 Å². The van der Waals surface area contributed by atoms with E-state index in [-0.39, 0.29) is 6.61 Å². The molecular weight excluding hydrogens is 216 g/mol. The molecule has 0 fully saturated rings. The summed E-state index contributed by atoms with van der Waals surface area (Å²) in [6, 6.07) is 0. The number of aromatic nitrogens is 2. The van der Waals surface area contributed by atoms with Crippen molar-refractivity contribution >= 4 is 22.7 Å². The van der Waals surface area contributed by atoms with Crippen molar-refractivity contribution in [2.75, 3.05) is 0 Å². The number of aliphatic hydroxyl groups excluding tert-OH is 1. The lowest BCUT2D eigenvalue weighted by atomic mass is 10.4. The highest BCUT2D eigenvalue weighted by Gasteiger charge is 2.12. The van der Waals surface area contributed by atoms with Gasteiger partial charge in [-0.05, 0) is 13.8 Å². The van der Waals surface area contributed by atoms with Crippen LogP contribution in [0.1, 0.15) is 16.3 Å². The lowest BCUT2D eigenvalue weighted by Crippen LogP contribution is -1.85. The second kappa shape index (κ2) is 3.76. The number of nitrogens with zero attached hydrogens (tertiary/aromatic N) is 2. The van der Waals surface area contributed by atoms with Crippen LogP contribution >= 0.6 is 22.7 Å². The molecule has 14 heavy (non-hydrogen) atoms. The molecule has 2 heterocycles. The summed E-state index contributed by atoms with van der Waals surface area (Å²) in [6.07, 6.45) is 0. The summed E-state index contributed by atoms with van der Waals surface area (Å²) in [5, 5.41) is 9.99. The summed E-state index contributed by atoms with van der Waals surface area (Å²) < 4.78 is 0. The molecule has 0 atom stereocenters. The molecule has 1 N–H and O–H groups in total. The number of thiazole rings is 2. The van der Waals surface area contributed by atoms with E-state index in [0.29, 0.717) is 0 Å². The van der Waals surface area contributed by atoms with Crippen molar-refractivity contribution in [3.8, 4) is 9.88 Å². The zero-order valence-corrected chi connectivity index (χ0v) is 9.58. The average molecular weight is 226 g/mol. The molecule has 5 heteroatoms. The minimum atomic E-state index is 0.0141. The van der Waals surface area contributed by atoms with E-state index < -0.39 is 0 Å². The van der Waals surface area contributed by atoms with Gasteiger partial charge in [0.25, 0.3) is 0 Å². The second-order valence-corrected chi connectivity index (χ2v) is 5.00. The van der Waals surface area contributed by atoms with E-state index in [1.54, 1.807) is 22.7 Å². The number of aliphatic hydroxyl groups is 1. The largest absolute Gasteiger partial charge is 0.390 e. The van der Waals surface area contributed by atoms with Crippen LogP contribution in [-0.4, -0.2) is 15.1 Å². The smallest absolute Gasteiger partial charge is 0.135 e. The fourth-order valence-electron chi connectivity index (χ4n) is 1.18. The van der Waals surface area contributed by atoms with Crippen molar-refractivity contribution in [2.45, 2.75) is 20.5 Å². The van der Waals surface area contributed by atoms with Gasteiger partial charge in [-0.1, -0.05) is 0 Å². The second-order valence-electron chi connectivity index (χ2n) is 2.95. The van der Waals surface area contributed by atoms with Crippen LogP contribution in [0.4, 0.5) is 0 Å². The standard InChI is InChI=1S/C9H10N2OS2/c1-5-8(13-4-10-5)9-11-7(3-12)6(2)14-9/h4,12H,3H2,1-2H3. The Hall–Kier alpha value is -0.780. The fraction of sp³-hybridized carbons (Fsp3) is 0.333. The highest BCUT2D eigenvalue weighted by Crippen LogP contribution is 2.32. The molecule has 0 aliphatic carbocycles. The zero-order chi connectivity index (χ0) is 10.1. The highest BCUT2D eigenvalue weighted by atomic mass is 32.1. The third-order valence-electron chi connectivity index (χ3n) is 1.98. The molecule has 2 aromatic rings. The third-order valence-corrected chi connectivity index (χ3v) is 4.08. The molecule has 0 saturated heterocycles. The summed E-state index contributed by atoms with van der Waals surface area (Å²) in [5.41, 5.74) is 3.60. The van der Waals surface area contributed by atoms with Gasteiger partial charge in [0, 0.05) is 4.88 Å². The summed E-state index contributed by atoms with van der Waals surface area (Å²) in [5.74, 6) is 0. The molecular formula is C9H10N2OS2. The van der Waals surface area contributed by atoms with Crippen molar-refractivity contribution in [1.29, 1.82) is 0 Å². The van der Waals surface area contributed by atoms with Gasteiger partial charge < -0.3 is 5.11 Å². The van der Waals surface area contributed by atoms with Crippen LogP contribution in [0.5, 0.6) is 0 Å². The Morgan fingerprint density at radius 3 is 2.71 bits per heavy atom. The van der Waals surface area contributed by atoms with Gasteiger partial charge in [-0.25, -0.2) is 9.97 Å². The van der Waals surface area contributed by atoms with E-state index >= 15 is 0 Å². The van der Waals surface area contributed by atoms with Crippen LogP contribution in [0, 0.1) is 13.8 Å². The summed E-state index contributed by atoms with van der Waals surface area (Å²) in [7, 11) is 0. The molecule has 0 radical (unpaired) electrons. The Balaban J connectivity index is 2.47. The van der Waals surface area contributed by atoms with Gasteiger partial charge in [0.05, 0.1) is 28.4 Å². The Morgan fingerprint density at radius 1 is 1.43 bits per heavy atom. The minimum Gasteiger partial charge on any atom is -0.390 e. The highest BCUT2D eigenvalue weighted by molar-refractivity contribution is 7.21. The first-order valence-electron chi connectivity index (χ1n) is 4.20. The number of hydrogen-bond donors (Lipinski definition) is 1. The normalized spacial score (nSPS) is 10.8. The maximum atomic E-state index is 9.03. The van der Waals surface area contributed by atoms with Crippen LogP contribution in [0.15, 0.2) is 5.51 Å². The van der Waals surface area contributed by atoms with Gasteiger partial charge in [0.2, 0.25) is 0 Å². The van der Waals surface area contributed by atoms with Gasteiger partial charge in [-0.3, -0.25) is 0 Å². The minimum absolute atomic E-state index is 0.0141. The molecule has 0 bridgehead atoms. The molecule has 0 aliphatic heterocycles. The lowest BCUT2D eigenvalue weighted by molar-refractivity contribution is 0.277. The average Bonchev–Trinajstić information content (AvgIpc) is 2.71. The quantitative estimate of drug-likeness (QED) is 0.855. The van der Waals surface area contributed by atoms with E-state index in [2.05, 4.69) is 9.97 Å². The van der Waals surface area contributed by atoms with Crippen LogP contribution in [0.2, 0.25) is 0 Å². The van der Waals surface area contributed by atoms with Crippen LogP contribution in [0.3, 0.4) is 0 Å². The first-order chi connectivity index (χ1) is 6.72. The Morgan fingerprint density at radius 2 is 2.21 bits per heavy atom. The fourth-order valence-corrected chi connectivity index (χ4v) is 3.05. The van der Waals surface area contributed by atoms with Crippen LogP contribution in [-0.2, 0) is 6.61 Å². The third kappa shape index (κ3) is 1.58. The topological polar surface area (TPSA) is 46.0 Å². The van der Waals surface area contributed by atoms with E-state index in [1.807, 2.05) is 19.4 Å². The summed E-state index contributed by atoms with van der Waals surface area (Å²) >= 11 is 3.20. The van der Waals surface area contributed by atoms with E-state index in [0.717, 1.165) is 26.1 Å². The maximum absolute atomic E-state index is 9.03. The number of aryl methyl sites for hydroxylation is 2. The van der Waals surface area contributed by atoms with Crippen molar-refractivity contribution in [1.82, 2.24) is 9.97 Å². The van der Waals surface area contributed by atoms with Crippen LogP contribution < -0.4 is 0 Å². The summed E-state index contributed by atoms with van der Waals surface area (Å²) in [4.78, 5) is 10.7. The molecule has 2 aromatic heterocycles. The zero-order valence-electron chi connectivity index (χ0n) is 7.94. The molecule has 0 saturated carbocycles. The predicted octanol–water partition coefficient (Wildman–Crippen LogP) is 2.38. The molecule has 0 aliphatic rings. The first kappa shape index (κ1) is 9.76. The molecule has 0 aromatic carbocycles. The van der Waals surface area contributed by atoms with Gasteiger partial charge in [0.15, 0.2) is 0 Å². The molecule has 2 rings (SSSR count). The molecule has 3 nitrogen and oxygen atoms in total. The van der Waals surface area contributed by atoms with Crippen LogP contribution in [0.25, 0.3) is 9.88 Å². The maximum Gasteiger partial charge on any atom is 0.135 e. The SMILES string of the molecule is Cc1ncsc1-c1nc(CO)c(C)s1. The molecule has 0 amide bonds. The Kier molecular flexibility index (Phi) is 2.62. The van der Waals surface area contributed by atoms with E-state index in [1.165, 1.54) is 0 Å². The Bertz CT molecular complexity index is 447. The predicted molar refractivity (Wildman–Crippen MR) is 58.6 cm³/mol. The molecule has 0 unspecified atom stereocenters. The molecule has 0 spiro atoms. The Labute approximate surface area is 90.1 Å². The van der Waals surface area contributed by atoms with Gasteiger partial charge in [-0.2, -0.15) is 0 Å². The number of hydrogen-bond acceptors (Lipinski definition) is 5. The van der Waals surface area contributed by atoms with E-state index in [9.17, 15) is 0 Å². The van der Waals surface area contributed by atoms with Crippen molar-refractivity contribution in [3.63, 3.8) is 0 Å². The lowest BCUT2D eigenvalue weighted by Gasteiger charge is -1.90. The van der Waals surface area contributed by atoms with Crippen molar-refractivity contribution in [3.05, 3.63) is 21.8 Å². The van der Waals surface area contributed by atoms with Gasteiger partial charge in [0.1, 0.15) is 5.01 Å². The summed E-state index contributed by atoms with van der Waals surface area (Å²) in [6.45, 7) is 3.96. The number of rotatable bonds is 2. The first-order valence-corrected chi connectivity index (χ1v) is 5.89.